The van der Waals surface area contributed by atoms with Crippen LogP contribution in [-0.4, -0.2) is 22.3 Å². The number of hydrogen-bond acceptors (Lipinski definition) is 4. The van der Waals surface area contributed by atoms with E-state index < -0.39 is 5.91 Å². The van der Waals surface area contributed by atoms with Crippen molar-refractivity contribution in [1.29, 1.82) is 0 Å². The maximum Gasteiger partial charge on any atom is 0.264 e. The summed E-state index contributed by atoms with van der Waals surface area (Å²) in [4.78, 5) is 11.7. The van der Waals surface area contributed by atoms with Crippen LogP contribution in [0.15, 0.2) is 66.3 Å². The van der Waals surface area contributed by atoms with Gasteiger partial charge in [-0.3, -0.25) is 4.79 Å². The van der Waals surface area contributed by atoms with Crippen LogP contribution in [0.4, 0.5) is 0 Å². The smallest absolute Gasteiger partial charge is 0.264 e. The van der Waals surface area contributed by atoms with Crippen LogP contribution < -0.4 is 5.43 Å². The summed E-state index contributed by atoms with van der Waals surface area (Å²) in [5.74, 6) is -0.245. The second-order valence-electron chi connectivity index (χ2n) is 4.97. The molecule has 0 aliphatic carbocycles. The van der Waals surface area contributed by atoms with Crippen molar-refractivity contribution in [3.63, 3.8) is 0 Å². The van der Waals surface area contributed by atoms with Crippen molar-refractivity contribution in [2.75, 3.05) is 0 Å². The van der Waals surface area contributed by atoms with Crippen LogP contribution in [0.2, 0.25) is 0 Å². The number of benzene rings is 2. The van der Waals surface area contributed by atoms with Crippen LogP contribution in [-0.2, 0) is 11.2 Å². The Bertz CT molecular complexity index is 795. The van der Waals surface area contributed by atoms with Gasteiger partial charge in [0.25, 0.3) is 5.91 Å². The maximum atomic E-state index is 11.7. The summed E-state index contributed by atoms with van der Waals surface area (Å²) in [6.07, 6.45) is 6.36. The monoisotopic (exact) mass is 322 g/mol. The van der Waals surface area contributed by atoms with E-state index in [-0.39, 0.29) is 11.5 Å². The van der Waals surface area contributed by atoms with Crippen LogP contribution in [0.1, 0.15) is 16.7 Å². The zero-order valence-corrected chi connectivity index (χ0v) is 13.0. The topological polar surface area (TPSA) is 81.9 Å². The second-order valence-corrected chi connectivity index (χ2v) is 4.97. The highest BCUT2D eigenvalue weighted by molar-refractivity contribution is 5.93. The number of hydrazone groups is 1. The Morgan fingerprint density at radius 2 is 1.88 bits per heavy atom. The van der Waals surface area contributed by atoms with Crippen LogP contribution in [0.3, 0.4) is 0 Å². The van der Waals surface area contributed by atoms with Gasteiger partial charge in [0, 0.05) is 17.2 Å². The molecule has 0 saturated heterocycles. The van der Waals surface area contributed by atoms with E-state index in [4.69, 9.17) is 0 Å². The predicted molar refractivity (Wildman–Crippen MR) is 94.9 cm³/mol. The molecular formula is C19H18N2O3. The molecule has 2 aromatic rings. The van der Waals surface area contributed by atoms with E-state index in [1.807, 2.05) is 0 Å². The third-order valence-electron chi connectivity index (χ3n) is 3.24. The third kappa shape index (κ3) is 4.58. The number of carbonyl (C=O) groups is 1. The predicted octanol–water partition coefficient (Wildman–Crippen LogP) is 2.99. The van der Waals surface area contributed by atoms with E-state index in [0.717, 1.165) is 5.56 Å². The lowest BCUT2D eigenvalue weighted by atomic mass is 10.1. The Hall–Kier alpha value is -3.34. The summed E-state index contributed by atoms with van der Waals surface area (Å²) in [5, 5.41) is 23.5. The molecular weight excluding hydrogens is 304 g/mol. The molecule has 0 fully saturated rings. The first-order valence-electron chi connectivity index (χ1n) is 7.32. The standard InChI is InChI=1S/C19H18N2O3/c1-2-6-15-8-5-9-16(19(15)24)13-20-21-18(23)12-11-14-7-3-4-10-17(14)22/h2-5,7-13,22,24H,1,6H2,(H,21,23)/b12-11-,20-13?. The van der Waals surface area contributed by atoms with Crippen LogP contribution in [0, 0.1) is 0 Å². The SMILES string of the molecule is C=CCc1cccc(C=NNC(=O)/C=C\c2ccccc2O)c1O. The van der Waals surface area contributed by atoms with Crippen molar-refractivity contribution in [2.45, 2.75) is 6.42 Å². The lowest BCUT2D eigenvalue weighted by molar-refractivity contribution is -0.116. The van der Waals surface area contributed by atoms with Crippen LogP contribution >= 0.6 is 0 Å². The molecule has 0 aromatic heterocycles. The Morgan fingerprint density at radius 3 is 2.62 bits per heavy atom. The summed E-state index contributed by atoms with van der Waals surface area (Å²) in [6.45, 7) is 3.64. The lowest BCUT2D eigenvalue weighted by Gasteiger charge is -2.04. The zero-order valence-electron chi connectivity index (χ0n) is 13.0. The van der Waals surface area contributed by atoms with E-state index in [1.165, 1.54) is 24.4 Å². The summed E-state index contributed by atoms with van der Waals surface area (Å²) >= 11 is 0. The minimum Gasteiger partial charge on any atom is -0.507 e. The molecule has 0 heterocycles. The van der Waals surface area contributed by atoms with Gasteiger partial charge in [-0.05, 0) is 30.2 Å². The summed E-state index contributed by atoms with van der Waals surface area (Å²) in [6, 6.07) is 12.0. The van der Waals surface area contributed by atoms with Crippen molar-refractivity contribution in [3.05, 3.63) is 77.9 Å². The number of rotatable bonds is 6. The Morgan fingerprint density at radius 1 is 1.12 bits per heavy atom. The molecule has 3 N–H and O–H groups in total. The quantitative estimate of drug-likeness (QED) is 0.331. The number of phenolic OH excluding ortho intramolecular Hbond substituents is 2. The van der Waals surface area contributed by atoms with E-state index in [1.54, 1.807) is 42.5 Å². The fourth-order valence-corrected chi connectivity index (χ4v) is 2.03. The van der Waals surface area contributed by atoms with E-state index in [2.05, 4.69) is 17.1 Å². The highest BCUT2D eigenvalue weighted by Gasteiger charge is 2.03. The molecule has 2 rings (SSSR count). The molecule has 0 spiro atoms. The van der Waals surface area contributed by atoms with Crippen LogP contribution in [0.25, 0.3) is 6.08 Å². The minimum atomic E-state index is -0.448. The third-order valence-corrected chi connectivity index (χ3v) is 3.24. The highest BCUT2D eigenvalue weighted by atomic mass is 16.3. The molecule has 0 saturated carbocycles. The number of amides is 1. The van der Waals surface area contributed by atoms with Gasteiger partial charge in [0.2, 0.25) is 0 Å². The fourth-order valence-electron chi connectivity index (χ4n) is 2.03. The van der Waals surface area contributed by atoms with Crippen LogP contribution in [0.5, 0.6) is 11.5 Å². The molecule has 24 heavy (non-hydrogen) atoms. The van der Waals surface area contributed by atoms with Gasteiger partial charge in [-0.2, -0.15) is 5.10 Å². The summed E-state index contributed by atoms with van der Waals surface area (Å²) in [5.41, 5.74) is 4.10. The van der Waals surface area contributed by atoms with E-state index in [9.17, 15) is 15.0 Å². The van der Waals surface area contributed by atoms with E-state index in [0.29, 0.717) is 17.5 Å². The average molecular weight is 322 g/mol. The normalized spacial score (nSPS) is 11.0. The first-order valence-corrected chi connectivity index (χ1v) is 7.32. The number of hydrogen-bond donors (Lipinski definition) is 3. The Labute approximate surface area is 140 Å². The molecule has 0 bridgehead atoms. The van der Waals surface area contributed by atoms with Gasteiger partial charge >= 0.3 is 0 Å². The summed E-state index contributed by atoms with van der Waals surface area (Å²) < 4.78 is 0. The molecule has 0 aliphatic heterocycles. The Kier molecular flexibility index (Phi) is 5.91. The second kappa shape index (κ2) is 8.33. The minimum absolute atomic E-state index is 0.0917. The lowest BCUT2D eigenvalue weighted by Crippen LogP contribution is -2.14. The zero-order chi connectivity index (χ0) is 17.4. The van der Waals surface area contributed by atoms with Gasteiger partial charge in [-0.1, -0.05) is 36.4 Å². The number of para-hydroxylation sites is 2. The van der Waals surface area contributed by atoms with Gasteiger partial charge in [0.15, 0.2) is 0 Å². The molecule has 1 amide bonds. The van der Waals surface area contributed by atoms with E-state index >= 15 is 0 Å². The van der Waals surface area contributed by atoms with Crippen molar-refractivity contribution < 1.29 is 15.0 Å². The molecule has 0 atom stereocenters. The molecule has 2 aromatic carbocycles. The molecule has 122 valence electrons. The molecule has 0 aliphatic rings. The van der Waals surface area contributed by atoms with Gasteiger partial charge in [0.1, 0.15) is 11.5 Å². The fraction of sp³-hybridized carbons (Fsp3) is 0.0526. The number of carbonyl (C=O) groups excluding carboxylic acids is 1. The van der Waals surface area contributed by atoms with Crippen molar-refractivity contribution in [3.8, 4) is 11.5 Å². The van der Waals surface area contributed by atoms with Gasteiger partial charge in [-0.25, -0.2) is 5.43 Å². The summed E-state index contributed by atoms with van der Waals surface area (Å²) in [7, 11) is 0. The number of aromatic hydroxyl groups is 2. The Balaban J connectivity index is 1.99. The highest BCUT2D eigenvalue weighted by Crippen LogP contribution is 2.21. The number of allylic oxidation sites excluding steroid dienone is 1. The van der Waals surface area contributed by atoms with Crippen molar-refractivity contribution in [2.24, 2.45) is 5.10 Å². The maximum absolute atomic E-state index is 11.7. The molecule has 5 heteroatoms. The first-order chi connectivity index (χ1) is 11.6. The molecule has 0 radical (unpaired) electrons. The van der Waals surface area contributed by atoms with Gasteiger partial charge in [-0.15, -0.1) is 6.58 Å². The average Bonchev–Trinajstić information content (AvgIpc) is 2.57. The number of nitrogens with zero attached hydrogens (tertiary/aromatic N) is 1. The van der Waals surface area contributed by atoms with Crippen molar-refractivity contribution in [1.82, 2.24) is 5.43 Å². The van der Waals surface area contributed by atoms with Gasteiger partial charge in [0.05, 0.1) is 6.21 Å². The molecule has 0 unspecified atom stereocenters. The van der Waals surface area contributed by atoms with Crippen molar-refractivity contribution >= 4 is 18.2 Å². The molecule has 5 nitrogen and oxygen atoms in total. The largest absolute Gasteiger partial charge is 0.507 e. The van der Waals surface area contributed by atoms with Gasteiger partial charge < -0.3 is 10.2 Å². The number of phenols is 2. The first kappa shape index (κ1) is 17.0. The number of nitrogens with one attached hydrogen (secondary N) is 1.